The van der Waals surface area contributed by atoms with Crippen LogP contribution in [0.4, 0.5) is 0 Å². The quantitative estimate of drug-likeness (QED) is 0.775. The number of aromatic nitrogens is 4. The number of carbonyl (C=O) groups is 2. The van der Waals surface area contributed by atoms with Crippen molar-refractivity contribution in [2.24, 2.45) is 0 Å². The lowest BCUT2D eigenvalue weighted by molar-refractivity contribution is -0.132. The van der Waals surface area contributed by atoms with E-state index in [4.69, 9.17) is 0 Å². The largest absolute Gasteiger partial charge is 0.348 e. The first kappa shape index (κ1) is 19.4. The molecule has 0 radical (unpaired) electrons. The predicted molar refractivity (Wildman–Crippen MR) is 105 cm³/mol. The fourth-order valence-electron chi connectivity index (χ4n) is 3.94. The molecule has 1 aliphatic carbocycles. The first-order valence-electron chi connectivity index (χ1n) is 10.1. The molecular weight excluding hydrogens is 372 g/mol. The van der Waals surface area contributed by atoms with Crippen molar-refractivity contribution in [2.75, 3.05) is 6.54 Å². The summed E-state index contributed by atoms with van der Waals surface area (Å²) >= 11 is 0. The number of nitrogens with zero attached hydrogens (tertiary/aromatic N) is 4. The molecule has 154 valence electrons. The highest BCUT2D eigenvalue weighted by Gasteiger charge is 2.29. The monoisotopic (exact) mass is 398 g/mol. The minimum atomic E-state index is -0.327. The van der Waals surface area contributed by atoms with Crippen LogP contribution in [-0.4, -0.2) is 49.0 Å². The molecule has 3 heterocycles. The predicted octanol–water partition coefficient (Wildman–Crippen LogP) is 0.841. The van der Waals surface area contributed by atoms with E-state index in [9.17, 15) is 14.4 Å². The Morgan fingerprint density at radius 2 is 2.10 bits per heavy atom. The molecule has 1 aliphatic heterocycles. The van der Waals surface area contributed by atoms with Gasteiger partial charge in [-0.25, -0.2) is 4.79 Å². The van der Waals surface area contributed by atoms with E-state index in [1.54, 1.807) is 11.8 Å². The molecule has 0 unspecified atom stereocenters. The highest BCUT2D eigenvalue weighted by atomic mass is 16.2. The highest BCUT2D eigenvalue weighted by Crippen LogP contribution is 2.23. The Hall–Kier alpha value is -2.97. The normalized spacial score (nSPS) is 16.3. The maximum absolute atomic E-state index is 12.7. The van der Waals surface area contributed by atoms with Gasteiger partial charge in [0, 0.05) is 42.5 Å². The zero-order valence-electron chi connectivity index (χ0n) is 16.8. The van der Waals surface area contributed by atoms with Gasteiger partial charge in [-0.1, -0.05) is 0 Å². The number of nitrogens with one attached hydrogen (secondary N) is 2. The van der Waals surface area contributed by atoms with Gasteiger partial charge in [0.25, 0.3) is 5.91 Å². The van der Waals surface area contributed by atoms with Crippen molar-refractivity contribution in [3.8, 4) is 0 Å². The third kappa shape index (κ3) is 3.94. The third-order valence-corrected chi connectivity index (χ3v) is 5.84. The molecule has 2 aromatic heterocycles. The first-order chi connectivity index (χ1) is 13.9. The molecule has 2 amide bonds. The molecule has 1 fully saturated rings. The van der Waals surface area contributed by atoms with Crippen molar-refractivity contribution in [2.45, 2.75) is 65.1 Å². The molecule has 2 aliphatic rings. The highest BCUT2D eigenvalue weighted by molar-refractivity contribution is 5.94. The Morgan fingerprint density at radius 1 is 1.31 bits per heavy atom. The molecule has 0 atom stereocenters. The zero-order valence-corrected chi connectivity index (χ0v) is 16.8. The average molecular weight is 398 g/mol. The Morgan fingerprint density at radius 3 is 2.79 bits per heavy atom. The lowest BCUT2D eigenvalue weighted by Gasteiger charge is -2.28. The molecular formula is C20H26N6O3. The summed E-state index contributed by atoms with van der Waals surface area (Å²) in [5.41, 5.74) is 3.31. The second-order valence-corrected chi connectivity index (χ2v) is 7.92. The lowest BCUT2D eigenvalue weighted by atomic mass is 9.93. The van der Waals surface area contributed by atoms with E-state index < -0.39 is 0 Å². The fourth-order valence-corrected chi connectivity index (χ4v) is 3.94. The van der Waals surface area contributed by atoms with E-state index in [-0.39, 0.29) is 30.0 Å². The summed E-state index contributed by atoms with van der Waals surface area (Å²) in [5, 5.41) is 10.1. The number of aromatic amines is 1. The van der Waals surface area contributed by atoms with E-state index >= 15 is 0 Å². The molecule has 0 spiro atoms. The fraction of sp³-hybridized carbons (Fsp3) is 0.550. The number of carbonyl (C=O) groups excluding carboxylic acids is 2. The maximum atomic E-state index is 12.7. The zero-order chi connectivity index (χ0) is 20.5. The molecule has 2 aromatic rings. The molecule has 9 heteroatoms. The van der Waals surface area contributed by atoms with E-state index in [1.807, 2.05) is 13.0 Å². The molecule has 9 nitrogen and oxygen atoms in total. The van der Waals surface area contributed by atoms with Gasteiger partial charge in [-0.2, -0.15) is 10.1 Å². The van der Waals surface area contributed by atoms with Gasteiger partial charge in [0.15, 0.2) is 5.69 Å². The van der Waals surface area contributed by atoms with Crippen molar-refractivity contribution in [3.05, 3.63) is 44.9 Å². The van der Waals surface area contributed by atoms with Gasteiger partial charge in [0.1, 0.15) is 0 Å². The molecule has 0 bridgehead atoms. The SMILES string of the molecule is Cc1cc(C)n(CCC(=O)N2CCc3c(C(=O)NC4CCC4)n[nH]c3C2)c(=O)n1. The lowest BCUT2D eigenvalue weighted by Crippen LogP contribution is -2.41. The van der Waals surface area contributed by atoms with Gasteiger partial charge in [-0.3, -0.25) is 19.3 Å². The topological polar surface area (TPSA) is 113 Å². The second kappa shape index (κ2) is 7.81. The van der Waals surface area contributed by atoms with E-state index in [0.717, 1.165) is 36.2 Å². The van der Waals surface area contributed by atoms with Crippen LogP contribution in [0.1, 0.15) is 58.8 Å². The summed E-state index contributed by atoms with van der Waals surface area (Å²) in [6.45, 7) is 4.86. The molecule has 4 rings (SSSR count). The smallest absolute Gasteiger partial charge is 0.347 e. The number of fused-ring (bicyclic) bond motifs is 1. The third-order valence-electron chi connectivity index (χ3n) is 5.84. The molecule has 1 saturated carbocycles. The van der Waals surface area contributed by atoms with Gasteiger partial charge in [-0.05, 0) is 45.6 Å². The van der Waals surface area contributed by atoms with Gasteiger partial charge in [0.2, 0.25) is 5.91 Å². The van der Waals surface area contributed by atoms with E-state index in [1.165, 1.54) is 4.57 Å². The number of H-pyrrole nitrogens is 1. The first-order valence-corrected chi connectivity index (χ1v) is 10.1. The number of amides is 2. The summed E-state index contributed by atoms with van der Waals surface area (Å²) in [6, 6.07) is 2.10. The Balaban J connectivity index is 1.38. The van der Waals surface area contributed by atoms with Crippen LogP contribution in [0.15, 0.2) is 10.9 Å². The van der Waals surface area contributed by atoms with Crippen LogP contribution in [0.25, 0.3) is 0 Å². The van der Waals surface area contributed by atoms with Crippen LogP contribution in [0, 0.1) is 13.8 Å². The molecule has 2 N–H and O–H groups in total. The van der Waals surface area contributed by atoms with Crippen LogP contribution in [0.3, 0.4) is 0 Å². The van der Waals surface area contributed by atoms with Crippen LogP contribution < -0.4 is 11.0 Å². The summed E-state index contributed by atoms with van der Waals surface area (Å²) < 4.78 is 1.53. The number of rotatable bonds is 5. The van der Waals surface area contributed by atoms with Gasteiger partial charge in [0.05, 0.1) is 12.2 Å². The Bertz CT molecular complexity index is 1000. The maximum Gasteiger partial charge on any atom is 0.347 e. The van der Waals surface area contributed by atoms with Gasteiger partial charge >= 0.3 is 5.69 Å². The van der Waals surface area contributed by atoms with Crippen molar-refractivity contribution >= 4 is 11.8 Å². The van der Waals surface area contributed by atoms with Crippen LogP contribution in [-0.2, 0) is 24.3 Å². The van der Waals surface area contributed by atoms with Crippen molar-refractivity contribution in [1.82, 2.24) is 30.0 Å². The molecule has 0 aromatic carbocycles. The molecule has 0 saturated heterocycles. The number of hydrogen-bond donors (Lipinski definition) is 2. The van der Waals surface area contributed by atoms with E-state index in [2.05, 4.69) is 20.5 Å². The van der Waals surface area contributed by atoms with E-state index in [0.29, 0.717) is 37.4 Å². The minimum absolute atomic E-state index is 0.0300. The molecule has 29 heavy (non-hydrogen) atoms. The summed E-state index contributed by atoms with van der Waals surface area (Å²) in [4.78, 5) is 42.9. The minimum Gasteiger partial charge on any atom is -0.348 e. The number of hydrogen-bond acceptors (Lipinski definition) is 5. The van der Waals surface area contributed by atoms with Crippen LogP contribution in [0.2, 0.25) is 0 Å². The standard InChI is InChI=1S/C20H26N6O3/c1-12-10-13(2)26(20(29)21-12)9-7-17(27)25-8-6-15-16(11-25)23-24-18(15)19(28)22-14-4-3-5-14/h10,14H,3-9,11H2,1-2H3,(H,22,28)(H,23,24). The van der Waals surface area contributed by atoms with Crippen molar-refractivity contribution < 1.29 is 9.59 Å². The van der Waals surface area contributed by atoms with Gasteiger partial charge < -0.3 is 10.2 Å². The van der Waals surface area contributed by atoms with Gasteiger partial charge in [-0.15, -0.1) is 0 Å². The van der Waals surface area contributed by atoms with Crippen molar-refractivity contribution in [3.63, 3.8) is 0 Å². The summed E-state index contributed by atoms with van der Waals surface area (Å²) in [7, 11) is 0. The average Bonchev–Trinajstić information content (AvgIpc) is 3.06. The summed E-state index contributed by atoms with van der Waals surface area (Å²) in [6.07, 6.45) is 4.03. The van der Waals surface area contributed by atoms with Crippen LogP contribution in [0.5, 0.6) is 0 Å². The number of aryl methyl sites for hydroxylation is 2. The van der Waals surface area contributed by atoms with Crippen molar-refractivity contribution in [1.29, 1.82) is 0 Å². The second-order valence-electron chi connectivity index (χ2n) is 7.92. The Kier molecular flexibility index (Phi) is 5.21. The Labute approximate surface area is 168 Å². The van der Waals surface area contributed by atoms with Crippen LogP contribution >= 0.6 is 0 Å². The summed E-state index contributed by atoms with van der Waals surface area (Å²) in [5.74, 6) is -0.161.